The molecule has 2 aliphatic heterocycles. The maximum Gasteiger partial charge on any atom is 0.418 e. The van der Waals surface area contributed by atoms with E-state index in [1.807, 2.05) is 5.38 Å². The van der Waals surface area contributed by atoms with Crippen LogP contribution in [-0.4, -0.2) is 47.1 Å². The van der Waals surface area contributed by atoms with Gasteiger partial charge >= 0.3 is 16.4 Å². The normalized spacial score (nSPS) is 21.8. The van der Waals surface area contributed by atoms with Gasteiger partial charge in [0.2, 0.25) is 0 Å². The van der Waals surface area contributed by atoms with Crippen molar-refractivity contribution in [3.63, 3.8) is 0 Å². The second-order valence-corrected chi connectivity index (χ2v) is 8.13. The number of urea groups is 1. The van der Waals surface area contributed by atoms with Gasteiger partial charge in [-0.05, 0) is 30.7 Å². The van der Waals surface area contributed by atoms with Crippen LogP contribution in [0.15, 0.2) is 5.38 Å². The van der Waals surface area contributed by atoms with Crippen molar-refractivity contribution in [3.05, 3.63) is 21.4 Å². The maximum atomic E-state index is 12.5. The van der Waals surface area contributed by atoms with Crippen LogP contribution in [0.5, 0.6) is 0 Å². The molecule has 0 spiro atoms. The van der Waals surface area contributed by atoms with E-state index in [0.29, 0.717) is 34.8 Å². The van der Waals surface area contributed by atoms with Gasteiger partial charge in [0.05, 0.1) is 12.4 Å². The number of hydrogen-bond donors (Lipinski definition) is 3. The van der Waals surface area contributed by atoms with Crippen LogP contribution < -0.4 is 5.73 Å². The van der Waals surface area contributed by atoms with Crippen molar-refractivity contribution in [1.29, 1.82) is 5.41 Å². The lowest BCUT2D eigenvalue weighted by atomic mass is 9.91. The molecule has 1 aromatic rings. The highest BCUT2D eigenvalue weighted by molar-refractivity contribution is 7.80. The molecule has 0 aromatic carbocycles. The van der Waals surface area contributed by atoms with Crippen molar-refractivity contribution in [2.24, 2.45) is 5.73 Å². The highest BCUT2D eigenvalue weighted by atomic mass is 32.3. The van der Waals surface area contributed by atoms with Crippen LogP contribution in [0.1, 0.15) is 47.9 Å². The molecule has 0 saturated carbocycles. The van der Waals surface area contributed by atoms with Crippen molar-refractivity contribution in [1.82, 2.24) is 9.96 Å². The zero-order valence-corrected chi connectivity index (χ0v) is 15.5. The second-order valence-electron chi connectivity index (χ2n) is 6.21. The summed E-state index contributed by atoms with van der Waals surface area (Å²) in [6.45, 7) is 1.46. The number of nitrogens with zero attached hydrogens (tertiary/aromatic N) is 2. The van der Waals surface area contributed by atoms with Crippen LogP contribution in [0.2, 0.25) is 0 Å². The van der Waals surface area contributed by atoms with Gasteiger partial charge in [-0.25, -0.2) is 4.79 Å². The summed E-state index contributed by atoms with van der Waals surface area (Å²) >= 11 is 1.31. The van der Waals surface area contributed by atoms with Crippen molar-refractivity contribution >= 4 is 39.4 Å². The summed E-state index contributed by atoms with van der Waals surface area (Å²) in [5.74, 6) is -0.179. The lowest BCUT2D eigenvalue weighted by Crippen LogP contribution is -2.38. The smallest absolute Gasteiger partial charge is 0.388 e. The van der Waals surface area contributed by atoms with E-state index < -0.39 is 28.5 Å². The largest absolute Gasteiger partial charge is 0.418 e. The highest BCUT2D eigenvalue weighted by Crippen LogP contribution is 2.48. The number of fused-ring (bicyclic) bond motifs is 4. The molecule has 142 valence electrons. The molecule has 1 unspecified atom stereocenters. The maximum absolute atomic E-state index is 12.5. The van der Waals surface area contributed by atoms with E-state index in [1.54, 1.807) is 0 Å². The molecular weight excluding hydrogens is 384 g/mol. The van der Waals surface area contributed by atoms with Crippen molar-refractivity contribution in [2.45, 2.75) is 38.3 Å². The van der Waals surface area contributed by atoms with Crippen LogP contribution in [-0.2, 0) is 25.9 Å². The van der Waals surface area contributed by atoms with Gasteiger partial charge in [-0.3, -0.25) is 14.8 Å². The molecule has 3 heterocycles. The highest BCUT2D eigenvalue weighted by Gasteiger charge is 2.52. The van der Waals surface area contributed by atoms with Gasteiger partial charge in [0.1, 0.15) is 12.1 Å². The number of nitrogens with two attached hydrogens (primary N) is 1. The number of carbonyl (C=O) groups excluding carboxylic acids is 2. The first kappa shape index (κ1) is 18.8. The third-order valence-electron chi connectivity index (χ3n) is 4.37. The van der Waals surface area contributed by atoms with E-state index in [9.17, 15) is 18.0 Å². The Morgan fingerprint density at radius 1 is 1.54 bits per heavy atom. The minimum atomic E-state index is -4.88. The standard InChI is InChI=1S/C14H18N4O6S2/c1-7(19)12-11-8(3-2-4-10(15)16)6-25-13(11)9-5-17(12)14(20)18(9)24-26(21,22)23/h6,9,12H,2-5H2,1H3,(H3,15,16)(H,21,22,23)/t9?,12-/m1/s1. The summed E-state index contributed by atoms with van der Waals surface area (Å²) in [4.78, 5) is 26.7. The summed E-state index contributed by atoms with van der Waals surface area (Å²) in [6.07, 6.45) is 1.61. The van der Waals surface area contributed by atoms with Crippen LogP contribution in [0.4, 0.5) is 4.79 Å². The lowest BCUT2D eigenvalue weighted by Gasteiger charge is -2.30. The van der Waals surface area contributed by atoms with Crippen molar-refractivity contribution in [3.8, 4) is 0 Å². The molecule has 10 nitrogen and oxygen atoms in total. The number of amidine groups is 1. The van der Waals surface area contributed by atoms with E-state index in [4.69, 9.17) is 15.7 Å². The summed E-state index contributed by atoms with van der Waals surface area (Å²) in [7, 11) is -4.88. The Morgan fingerprint density at radius 3 is 2.81 bits per heavy atom. The molecule has 2 atom stereocenters. The average Bonchev–Trinajstić information content (AvgIpc) is 3.02. The Balaban J connectivity index is 1.99. The molecule has 0 aliphatic carbocycles. The number of Topliss-reactive ketones (excluding diaryl/α,β-unsaturated/α-hetero) is 1. The Bertz CT molecular complexity index is 880. The number of nitrogens with one attached hydrogen (secondary N) is 1. The number of amides is 2. The lowest BCUT2D eigenvalue weighted by molar-refractivity contribution is -0.121. The second kappa shape index (κ2) is 6.61. The SMILES string of the molecule is CC(=O)[C@@H]1c2c(CCCC(=N)N)csc2C2CN1C(=O)N2OS(=O)(=O)O. The third kappa shape index (κ3) is 3.32. The first-order valence-corrected chi connectivity index (χ1v) is 10.0. The molecule has 1 saturated heterocycles. The quantitative estimate of drug-likeness (QED) is 0.351. The van der Waals surface area contributed by atoms with E-state index >= 15 is 0 Å². The molecule has 2 aliphatic rings. The topological polar surface area (TPSA) is 154 Å². The van der Waals surface area contributed by atoms with Gasteiger partial charge in [0, 0.05) is 16.9 Å². The number of aryl methyl sites for hydroxylation is 1. The summed E-state index contributed by atoms with van der Waals surface area (Å²) < 4.78 is 35.6. The number of rotatable bonds is 7. The van der Waals surface area contributed by atoms with Crippen LogP contribution in [0.25, 0.3) is 0 Å². The van der Waals surface area contributed by atoms with E-state index in [0.717, 1.165) is 5.56 Å². The minimum absolute atomic E-state index is 0.0731. The minimum Gasteiger partial charge on any atom is -0.388 e. The first-order valence-electron chi connectivity index (χ1n) is 7.80. The Hall–Kier alpha value is -2.02. The number of ketones is 1. The molecule has 1 aromatic heterocycles. The molecule has 2 amide bonds. The Morgan fingerprint density at radius 2 is 2.23 bits per heavy atom. The van der Waals surface area contributed by atoms with Gasteiger partial charge in [-0.1, -0.05) is 0 Å². The summed E-state index contributed by atoms with van der Waals surface area (Å²) in [5, 5.41) is 9.76. The van der Waals surface area contributed by atoms with Crippen LogP contribution in [0, 0.1) is 5.41 Å². The molecule has 3 rings (SSSR count). The van der Waals surface area contributed by atoms with Crippen molar-refractivity contribution < 1.29 is 26.8 Å². The fourth-order valence-corrected chi connectivity index (χ4v) is 5.00. The van der Waals surface area contributed by atoms with Crippen LogP contribution >= 0.6 is 11.3 Å². The van der Waals surface area contributed by atoms with Gasteiger partial charge < -0.3 is 10.6 Å². The van der Waals surface area contributed by atoms with Gasteiger partial charge in [-0.15, -0.1) is 15.6 Å². The van der Waals surface area contributed by atoms with E-state index in [1.165, 1.54) is 23.2 Å². The number of carbonyl (C=O) groups is 2. The monoisotopic (exact) mass is 402 g/mol. The summed E-state index contributed by atoms with van der Waals surface area (Å²) in [6, 6.07) is -2.34. The molecule has 0 radical (unpaired) electrons. The van der Waals surface area contributed by atoms with Gasteiger partial charge in [0.15, 0.2) is 5.78 Å². The molecular formula is C14H18N4O6S2. The average molecular weight is 402 g/mol. The number of thiophene rings is 1. The predicted molar refractivity (Wildman–Crippen MR) is 91.9 cm³/mol. The summed E-state index contributed by atoms with van der Waals surface area (Å²) in [5.41, 5.74) is 6.91. The number of hydrogen-bond acceptors (Lipinski definition) is 7. The predicted octanol–water partition coefficient (Wildman–Crippen LogP) is 1.16. The number of hydroxylamine groups is 2. The molecule has 12 heteroatoms. The van der Waals surface area contributed by atoms with Gasteiger partial charge in [0.25, 0.3) is 0 Å². The molecule has 4 N–H and O–H groups in total. The Kier molecular flexibility index (Phi) is 4.77. The molecule has 2 bridgehead atoms. The van der Waals surface area contributed by atoms with E-state index in [-0.39, 0.29) is 18.2 Å². The van der Waals surface area contributed by atoms with Crippen molar-refractivity contribution in [2.75, 3.05) is 6.54 Å². The fraction of sp³-hybridized carbons (Fsp3) is 0.500. The van der Waals surface area contributed by atoms with E-state index in [2.05, 4.69) is 4.28 Å². The zero-order valence-electron chi connectivity index (χ0n) is 13.8. The zero-order chi connectivity index (χ0) is 19.2. The Labute approximate surface area is 153 Å². The molecule has 1 fully saturated rings. The van der Waals surface area contributed by atoms with Crippen LogP contribution in [0.3, 0.4) is 0 Å². The third-order valence-corrected chi connectivity index (χ3v) is 5.86. The fourth-order valence-electron chi connectivity index (χ4n) is 3.42. The van der Waals surface area contributed by atoms with Gasteiger partial charge in [-0.2, -0.15) is 13.5 Å². The first-order chi connectivity index (χ1) is 12.1. The molecule has 26 heavy (non-hydrogen) atoms.